The minimum absolute atomic E-state index is 0.0669. The Bertz CT molecular complexity index is 1560. The van der Waals surface area contributed by atoms with Crippen LogP contribution >= 0.6 is 11.3 Å². The number of piperazine rings is 1. The second-order valence-corrected chi connectivity index (χ2v) is 12.8. The van der Waals surface area contributed by atoms with E-state index in [0.29, 0.717) is 85.9 Å². The van der Waals surface area contributed by atoms with Gasteiger partial charge in [0.1, 0.15) is 6.33 Å². The first-order valence-corrected chi connectivity index (χ1v) is 16.3. The van der Waals surface area contributed by atoms with Crippen LogP contribution in [0, 0.1) is 5.82 Å². The van der Waals surface area contributed by atoms with Crippen LogP contribution in [0.4, 0.5) is 34.3 Å². The molecule has 1 aromatic carbocycles. The number of hydrogen-bond acceptors (Lipinski definition) is 10. The van der Waals surface area contributed by atoms with E-state index in [1.165, 1.54) is 17.7 Å². The fraction of sp³-hybridized carbons (Fsp3) is 0.500. The molecule has 9 nitrogen and oxygen atoms in total. The highest BCUT2D eigenvalue weighted by Crippen LogP contribution is 2.39. The van der Waals surface area contributed by atoms with E-state index in [0.717, 1.165) is 36.4 Å². The maximum Gasteiger partial charge on any atom is 0.416 e. The van der Waals surface area contributed by atoms with E-state index in [9.17, 15) is 18.0 Å². The highest BCUT2D eigenvalue weighted by atomic mass is 32.1. The molecule has 2 fully saturated rings. The standard InChI is InChI=1S/C32H39F4N7O2S/c1-5-45-26(44)8-10-41-11-13-42(14-12-41)30-27(33)29(37-19-38-30)40-31-39-28(25(46-31)18-43-9-6-7-21(43)4)23-15-22(20(2)3)16-24(17-23)32(34,35)36/h15-17,19,21H,2,5-14,18H2,1,3-4H3,(H,37,38,39,40)/t21-/m1/s1. The van der Waals surface area contributed by atoms with Crippen molar-refractivity contribution in [2.24, 2.45) is 0 Å². The second kappa shape index (κ2) is 14.4. The van der Waals surface area contributed by atoms with Gasteiger partial charge in [-0.2, -0.15) is 17.6 Å². The Kier molecular flexibility index (Phi) is 10.6. The Morgan fingerprint density at radius 3 is 2.57 bits per heavy atom. The number of anilines is 3. The van der Waals surface area contributed by atoms with Gasteiger partial charge in [0.25, 0.3) is 0 Å². The Morgan fingerprint density at radius 2 is 1.91 bits per heavy atom. The summed E-state index contributed by atoms with van der Waals surface area (Å²) in [5.41, 5.74) is 0.835. The number of nitrogens with one attached hydrogen (secondary N) is 1. The number of aromatic nitrogens is 3. The second-order valence-electron chi connectivity index (χ2n) is 11.7. The predicted molar refractivity (Wildman–Crippen MR) is 172 cm³/mol. The number of benzene rings is 1. The summed E-state index contributed by atoms with van der Waals surface area (Å²) >= 11 is 1.27. The summed E-state index contributed by atoms with van der Waals surface area (Å²) in [4.78, 5) is 31.8. The lowest BCUT2D eigenvalue weighted by atomic mass is 9.99. The van der Waals surface area contributed by atoms with Crippen LogP contribution < -0.4 is 10.2 Å². The largest absolute Gasteiger partial charge is 0.466 e. The predicted octanol–water partition coefficient (Wildman–Crippen LogP) is 6.59. The van der Waals surface area contributed by atoms with Crippen molar-refractivity contribution in [2.45, 2.75) is 58.8 Å². The zero-order valence-electron chi connectivity index (χ0n) is 26.3. The quantitative estimate of drug-likeness (QED) is 0.181. The summed E-state index contributed by atoms with van der Waals surface area (Å²) in [7, 11) is 0. The van der Waals surface area contributed by atoms with Gasteiger partial charge in [-0.1, -0.05) is 23.5 Å². The molecule has 0 unspecified atom stereocenters. The molecule has 2 aliphatic heterocycles. The van der Waals surface area contributed by atoms with Gasteiger partial charge in [0.05, 0.1) is 24.3 Å². The highest BCUT2D eigenvalue weighted by Gasteiger charge is 2.32. The summed E-state index contributed by atoms with van der Waals surface area (Å²) in [6.45, 7) is 14.0. The Balaban J connectivity index is 1.39. The van der Waals surface area contributed by atoms with Crippen molar-refractivity contribution in [1.29, 1.82) is 0 Å². The molecule has 0 amide bonds. The molecule has 248 valence electrons. The molecule has 0 spiro atoms. The molecule has 0 aliphatic carbocycles. The summed E-state index contributed by atoms with van der Waals surface area (Å²) < 4.78 is 62.6. The zero-order valence-corrected chi connectivity index (χ0v) is 27.1. The number of thiazole rings is 1. The van der Waals surface area contributed by atoms with Crippen LogP contribution in [-0.4, -0.2) is 82.6 Å². The van der Waals surface area contributed by atoms with Crippen molar-refractivity contribution in [1.82, 2.24) is 24.8 Å². The maximum absolute atomic E-state index is 15.8. The van der Waals surface area contributed by atoms with Crippen LogP contribution in [0.5, 0.6) is 0 Å². The molecule has 46 heavy (non-hydrogen) atoms. The van der Waals surface area contributed by atoms with Crippen LogP contribution in [0.3, 0.4) is 0 Å². The van der Waals surface area contributed by atoms with Crippen LogP contribution in [0.2, 0.25) is 0 Å². The number of carbonyl (C=O) groups excluding carboxylic acids is 1. The maximum atomic E-state index is 15.8. The van der Waals surface area contributed by atoms with Crippen molar-refractivity contribution in [3.8, 4) is 11.3 Å². The van der Waals surface area contributed by atoms with Crippen molar-refractivity contribution in [2.75, 3.05) is 56.1 Å². The topological polar surface area (TPSA) is 86.7 Å². The average molecular weight is 662 g/mol. The molecular weight excluding hydrogens is 622 g/mol. The number of likely N-dealkylation sites (tertiary alicyclic amines) is 1. The number of rotatable bonds is 11. The van der Waals surface area contributed by atoms with Gasteiger partial charge in [0.2, 0.25) is 5.82 Å². The summed E-state index contributed by atoms with van der Waals surface area (Å²) in [5.74, 6) is -0.801. The van der Waals surface area contributed by atoms with E-state index in [4.69, 9.17) is 9.72 Å². The third-order valence-corrected chi connectivity index (χ3v) is 9.32. The van der Waals surface area contributed by atoms with Crippen LogP contribution in [0.25, 0.3) is 16.8 Å². The number of nitrogens with zero attached hydrogens (tertiary/aromatic N) is 6. The lowest BCUT2D eigenvalue weighted by Gasteiger charge is -2.35. The Labute approximate surface area is 270 Å². The molecule has 2 saturated heterocycles. The van der Waals surface area contributed by atoms with Gasteiger partial charge in [-0.15, -0.1) is 0 Å². The third kappa shape index (κ3) is 8.02. The SMILES string of the molecule is C=C(C)c1cc(-c2nc(Nc3ncnc(N4CCN(CCC(=O)OCC)CC4)c3F)sc2CN2CCC[C@H]2C)cc(C(F)(F)F)c1. The molecule has 1 atom stereocenters. The first-order valence-electron chi connectivity index (χ1n) is 15.5. The number of alkyl halides is 3. The highest BCUT2D eigenvalue weighted by molar-refractivity contribution is 7.16. The molecule has 4 heterocycles. The van der Waals surface area contributed by atoms with E-state index < -0.39 is 17.6 Å². The molecule has 0 bridgehead atoms. The molecule has 2 aliphatic rings. The first-order chi connectivity index (χ1) is 21.9. The lowest BCUT2D eigenvalue weighted by Crippen LogP contribution is -2.47. The van der Waals surface area contributed by atoms with Gasteiger partial charge in [-0.05, 0) is 63.9 Å². The summed E-state index contributed by atoms with van der Waals surface area (Å²) in [6, 6.07) is 4.20. The van der Waals surface area contributed by atoms with Crippen molar-refractivity contribution < 1.29 is 27.1 Å². The van der Waals surface area contributed by atoms with Crippen LogP contribution in [0.15, 0.2) is 31.1 Å². The molecule has 14 heteroatoms. The minimum atomic E-state index is -4.55. The van der Waals surface area contributed by atoms with E-state index in [2.05, 4.69) is 38.6 Å². The molecule has 1 N–H and O–H groups in total. The third-order valence-electron chi connectivity index (χ3n) is 8.37. The van der Waals surface area contributed by atoms with Gasteiger partial charge >= 0.3 is 12.1 Å². The van der Waals surface area contributed by atoms with Crippen molar-refractivity contribution in [3.05, 3.63) is 52.9 Å². The smallest absolute Gasteiger partial charge is 0.416 e. The number of halogens is 4. The van der Waals surface area contributed by atoms with Gasteiger partial charge in [-0.3, -0.25) is 14.6 Å². The minimum Gasteiger partial charge on any atom is -0.466 e. The van der Waals surface area contributed by atoms with Crippen molar-refractivity contribution in [3.63, 3.8) is 0 Å². The zero-order chi connectivity index (χ0) is 33.0. The van der Waals surface area contributed by atoms with E-state index in [1.807, 2.05) is 4.90 Å². The van der Waals surface area contributed by atoms with E-state index in [-0.39, 0.29) is 17.6 Å². The van der Waals surface area contributed by atoms with Crippen molar-refractivity contribution >= 4 is 39.6 Å². The number of allylic oxidation sites excluding steroid dienone is 1. The van der Waals surface area contributed by atoms with Gasteiger partial charge in [-0.25, -0.2) is 15.0 Å². The number of hydrogen-bond donors (Lipinski definition) is 1. The fourth-order valence-corrected chi connectivity index (χ4v) is 6.77. The molecule has 2 aromatic heterocycles. The summed E-state index contributed by atoms with van der Waals surface area (Å²) in [5, 5.41) is 3.31. The normalized spacial score (nSPS) is 17.8. The van der Waals surface area contributed by atoms with Gasteiger partial charge in [0.15, 0.2) is 16.8 Å². The van der Waals surface area contributed by atoms with Crippen LogP contribution in [-0.2, 0) is 22.3 Å². The summed E-state index contributed by atoms with van der Waals surface area (Å²) in [6.07, 6.45) is -0.891. The number of carbonyl (C=O) groups is 1. The molecule has 3 aromatic rings. The number of esters is 1. The van der Waals surface area contributed by atoms with Gasteiger partial charge < -0.3 is 15.0 Å². The van der Waals surface area contributed by atoms with E-state index in [1.54, 1.807) is 19.9 Å². The average Bonchev–Trinajstić information content (AvgIpc) is 3.62. The molecular formula is C32H39F4N7O2S. The van der Waals surface area contributed by atoms with Gasteiger partial charge in [0, 0.05) is 55.8 Å². The molecule has 0 radical (unpaired) electrons. The lowest BCUT2D eigenvalue weighted by molar-refractivity contribution is -0.143. The molecule has 0 saturated carbocycles. The number of ether oxygens (including phenoxy) is 1. The monoisotopic (exact) mass is 661 g/mol. The van der Waals surface area contributed by atoms with E-state index >= 15 is 4.39 Å². The Hall–Kier alpha value is -3.62. The Morgan fingerprint density at radius 1 is 1.15 bits per heavy atom. The first kappa shape index (κ1) is 33.7. The molecule has 5 rings (SSSR count). The van der Waals surface area contributed by atoms with Crippen LogP contribution in [0.1, 0.15) is 56.0 Å². The fourth-order valence-electron chi connectivity index (χ4n) is 5.76.